The number of nitrogens with zero attached hydrogens (tertiary/aromatic N) is 1. The van der Waals surface area contributed by atoms with Gasteiger partial charge in [-0.05, 0) is 30.7 Å². The van der Waals surface area contributed by atoms with E-state index in [0.29, 0.717) is 11.5 Å². The van der Waals surface area contributed by atoms with Gasteiger partial charge in [-0.3, -0.25) is 4.99 Å². The third kappa shape index (κ3) is 6.93. The molecule has 1 aliphatic rings. The molecule has 5 nitrogen and oxygen atoms in total. The van der Waals surface area contributed by atoms with E-state index >= 15 is 0 Å². The first-order valence-electron chi connectivity index (χ1n) is 9.15. The number of benzene rings is 1. The maximum Gasteiger partial charge on any atom is 0.573 e. The molecule has 0 atom stereocenters. The van der Waals surface area contributed by atoms with Gasteiger partial charge in [-0.15, -0.1) is 13.2 Å². The highest BCUT2D eigenvalue weighted by atomic mass is 19.4. The normalized spacial score (nSPS) is 17.0. The molecule has 27 heavy (non-hydrogen) atoms. The Morgan fingerprint density at radius 3 is 2.52 bits per heavy atom. The fraction of sp³-hybridized carbons (Fsp3) is 0.632. The number of hydrogen-bond donors (Lipinski definition) is 2. The van der Waals surface area contributed by atoms with E-state index < -0.39 is 6.36 Å². The van der Waals surface area contributed by atoms with Crippen LogP contribution >= 0.6 is 0 Å². The Balaban J connectivity index is 1.92. The van der Waals surface area contributed by atoms with Crippen molar-refractivity contribution in [3.05, 3.63) is 29.8 Å². The molecule has 152 valence electrons. The summed E-state index contributed by atoms with van der Waals surface area (Å²) in [5.41, 5.74) is 0.595. The largest absolute Gasteiger partial charge is 0.573 e. The number of rotatable bonds is 8. The first-order chi connectivity index (χ1) is 12.9. The van der Waals surface area contributed by atoms with Crippen LogP contribution in [0.1, 0.15) is 37.7 Å². The molecule has 8 heteroatoms. The summed E-state index contributed by atoms with van der Waals surface area (Å²) in [6.45, 7) is 1.66. The van der Waals surface area contributed by atoms with Gasteiger partial charge >= 0.3 is 6.36 Å². The monoisotopic (exact) mass is 387 g/mol. The smallest absolute Gasteiger partial charge is 0.405 e. The third-order valence-electron chi connectivity index (χ3n) is 5.00. The average Bonchev–Trinajstić information content (AvgIpc) is 3.09. The molecule has 2 rings (SSSR count). The van der Waals surface area contributed by atoms with Gasteiger partial charge in [0.1, 0.15) is 5.75 Å². The van der Waals surface area contributed by atoms with Gasteiger partial charge < -0.3 is 20.1 Å². The predicted molar refractivity (Wildman–Crippen MR) is 98.7 cm³/mol. The number of ether oxygens (including phenoxy) is 2. The zero-order valence-corrected chi connectivity index (χ0v) is 15.9. The molecule has 0 unspecified atom stereocenters. The van der Waals surface area contributed by atoms with Crippen molar-refractivity contribution >= 4 is 5.96 Å². The van der Waals surface area contributed by atoms with Crippen LogP contribution in [0.3, 0.4) is 0 Å². The summed E-state index contributed by atoms with van der Waals surface area (Å²) >= 11 is 0. The second-order valence-corrected chi connectivity index (χ2v) is 6.88. The van der Waals surface area contributed by atoms with E-state index in [0.717, 1.165) is 32.4 Å². The van der Waals surface area contributed by atoms with Crippen LogP contribution < -0.4 is 15.4 Å². The van der Waals surface area contributed by atoms with Crippen LogP contribution in [0.4, 0.5) is 13.2 Å². The minimum Gasteiger partial charge on any atom is -0.405 e. The summed E-state index contributed by atoms with van der Waals surface area (Å²) in [7, 11) is 3.35. The maximum absolute atomic E-state index is 12.5. The molecule has 0 saturated heterocycles. The molecule has 0 amide bonds. The molecule has 0 radical (unpaired) electrons. The Bertz CT molecular complexity index is 614. The minimum absolute atomic E-state index is 0.178. The van der Waals surface area contributed by atoms with Gasteiger partial charge in [0, 0.05) is 39.4 Å². The second kappa shape index (κ2) is 9.82. The Labute approximate surface area is 158 Å². The Kier molecular flexibility index (Phi) is 7.77. The standard InChI is InChI=1S/C19H28F3N3O2/c1-23-17(25-14-18(11-12-26-2)9-5-6-10-18)24-13-15-7-3-4-8-16(15)27-19(20,21)22/h3-4,7-8H,5-6,9-14H2,1-2H3,(H2,23,24,25). The zero-order valence-electron chi connectivity index (χ0n) is 15.9. The molecule has 0 bridgehead atoms. The Hall–Kier alpha value is -1.96. The lowest BCUT2D eigenvalue weighted by molar-refractivity contribution is -0.274. The number of methoxy groups -OCH3 is 1. The van der Waals surface area contributed by atoms with Gasteiger partial charge in [0.2, 0.25) is 0 Å². The van der Waals surface area contributed by atoms with E-state index in [9.17, 15) is 13.2 Å². The van der Waals surface area contributed by atoms with E-state index in [2.05, 4.69) is 20.4 Å². The van der Waals surface area contributed by atoms with Crippen LogP contribution in [0.5, 0.6) is 5.75 Å². The number of guanidine groups is 1. The van der Waals surface area contributed by atoms with Crippen LogP contribution in [0.15, 0.2) is 29.3 Å². The van der Waals surface area contributed by atoms with E-state index in [4.69, 9.17) is 4.74 Å². The number of para-hydroxylation sites is 1. The molecule has 0 heterocycles. The van der Waals surface area contributed by atoms with E-state index in [1.54, 1.807) is 26.3 Å². The Morgan fingerprint density at radius 1 is 1.19 bits per heavy atom. The van der Waals surface area contributed by atoms with E-state index in [1.165, 1.54) is 25.0 Å². The summed E-state index contributed by atoms with van der Waals surface area (Å²) in [5, 5.41) is 6.39. The van der Waals surface area contributed by atoms with Crippen LogP contribution in [-0.4, -0.2) is 39.6 Å². The SMILES string of the molecule is CN=C(NCc1ccccc1OC(F)(F)F)NCC1(CCOC)CCCC1. The second-order valence-electron chi connectivity index (χ2n) is 6.88. The number of nitrogens with one attached hydrogen (secondary N) is 2. The number of aliphatic imine (C=N–C) groups is 1. The highest BCUT2D eigenvalue weighted by Gasteiger charge is 2.34. The summed E-state index contributed by atoms with van der Waals surface area (Å²) < 4.78 is 46.9. The predicted octanol–water partition coefficient (Wildman–Crippen LogP) is 3.85. The fourth-order valence-electron chi connectivity index (χ4n) is 3.50. The van der Waals surface area contributed by atoms with Crippen molar-refractivity contribution in [2.75, 3.05) is 27.3 Å². The van der Waals surface area contributed by atoms with Crippen LogP contribution in [0.25, 0.3) is 0 Å². The fourth-order valence-corrected chi connectivity index (χ4v) is 3.50. The first kappa shape index (κ1) is 21.3. The van der Waals surface area contributed by atoms with Crippen molar-refractivity contribution in [1.82, 2.24) is 10.6 Å². The molecule has 1 aliphatic carbocycles. The first-order valence-corrected chi connectivity index (χ1v) is 9.15. The van der Waals surface area contributed by atoms with Crippen molar-refractivity contribution in [2.24, 2.45) is 10.4 Å². The topological polar surface area (TPSA) is 54.9 Å². The zero-order chi connectivity index (χ0) is 19.8. The van der Waals surface area contributed by atoms with Crippen molar-refractivity contribution < 1.29 is 22.6 Å². The molecular weight excluding hydrogens is 359 g/mol. The molecule has 1 saturated carbocycles. The van der Waals surface area contributed by atoms with Gasteiger partial charge in [0.25, 0.3) is 0 Å². The summed E-state index contributed by atoms with van der Waals surface area (Å²) in [6.07, 6.45) is 0.965. The maximum atomic E-state index is 12.5. The minimum atomic E-state index is -4.72. The molecule has 0 aliphatic heterocycles. The third-order valence-corrected chi connectivity index (χ3v) is 5.00. The molecule has 2 N–H and O–H groups in total. The van der Waals surface area contributed by atoms with Crippen LogP contribution in [-0.2, 0) is 11.3 Å². The van der Waals surface area contributed by atoms with E-state index in [-0.39, 0.29) is 17.7 Å². The molecule has 0 aromatic heterocycles. The molecule has 0 spiro atoms. The Morgan fingerprint density at radius 2 is 1.89 bits per heavy atom. The van der Waals surface area contributed by atoms with Crippen LogP contribution in [0, 0.1) is 5.41 Å². The van der Waals surface area contributed by atoms with Gasteiger partial charge in [0.15, 0.2) is 5.96 Å². The lowest BCUT2D eigenvalue weighted by Crippen LogP contribution is -2.43. The van der Waals surface area contributed by atoms with Crippen LogP contribution in [0.2, 0.25) is 0 Å². The van der Waals surface area contributed by atoms with E-state index in [1.807, 2.05) is 0 Å². The lowest BCUT2D eigenvalue weighted by atomic mass is 9.83. The number of alkyl halides is 3. The summed E-state index contributed by atoms with van der Waals surface area (Å²) in [4.78, 5) is 4.18. The van der Waals surface area contributed by atoms with Gasteiger partial charge in [-0.2, -0.15) is 0 Å². The van der Waals surface area contributed by atoms with Gasteiger partial charge in [-0.25, -0.2) is 0 Å². The quantitative estimate of drug-likeness (QED) is 0.526. The lowest BCUT2D eigenvalue weighted by Gasteiger charge is -2.30. The van der Waals surface area contributed by atoms with Crippen molar-refractivity contribution in [2.45, 2.75) is 45.0 Å². The molecule has 1 aromatic carbocycles. The van der Waals surface area contributed by atoms with Crippen molar-refractivity contribution in [3.8, 4) is 5.75 Å². The molecular formula is C19H28F3N3O2. The summed E-state index contributed by atoms with van der Waals surface area (Å²) in [6, 6.07) is 6.09. The molecule has 1 fully saturated rings. The highest BCUT2D eigenvalue weighted by molar-refractivity contribution is 5.79. The molecule has 1 aromatic rings. The summed E-state index contributed by atoms with van der Waals surface area (Å²) in [5.74, 6) is 0.348. The van der Waals surface area contributed by atoms with Crippen molar-refractivity contribution in [1.29, 1.82) is 0 Å². The highest BCUT2D eigenvalue weighted by Crippen LogP contribution is 2.40. The van der Waals surface area contributed by atoms with Gasteiger partial charge in [-0.1, -0.05) is 31.0 Å². The number of hydrogen-bond acceptors (Lipinski definition) is 3. The van der Waals surface area contributed by atoms with Gasteiger partial charge in [0.05, 0.1) is 0 Å². The average molecular weight is 387 g/mol. The van der Waals surface area contributed by atoms with Crippen molar-refractivity contribution in [3.63, 3.8) is 0 Å². The number of halogens is 3.